The van der Waals surface area contributed by atoms with Gasteiger partial charge < -0.3 is 25.5 Å². The van der Waals surface area contributed by atoms with Crippen LogP contribution in [0.3, 0.4) is 0 Å². The van der Waals surface area contributed by atoms with Crippen molar-refractivity contribution >= 4 is 28.6 Å². The van der Waals surface area contributed by atoms with Crippen LogP contribution in [0.15, 0.2) is 35.3 Å². The largest absolute Gasteiger partial charge is 0.494 e. The predicted octanol–water partition coefficient (Wildman–Crippen LogP) is 2.55. The van der Waals surface area contributed by atoms with Crippen LogP contribution in [0.2, 0.25) is 0 Å². The van der Waals surface area contributed by atoms with Crippen molar-refractivity contribution in [3.63, 3.8) is 0 Å². The molecule has 0 atom stereocenters. The molecule has 1 aromatic carbocycles. The summed E-state index contributed by atoms with van der Waals surface area (Å²) in [5.41, 5.74) is 4.68. The molecule has 1 fully saturated rings. The van der Waals surface area contributed by atoms with Gasteiger partial charge in [-0.25, -0.2) is 14.2 Å². The van der Waals surface area contributed by atoms with E-state index in [0.717, 1.165) is 18.9 Å². The van der Waals surface area contributed by atoms with Crippen LogP contribution in [-0.4, -0.2) is 33.7 Å². The standard InChI is InChI=1S/C20H18FN5O4/c1-30-18-15(13-3-2-4-14(24-13)25-20(22)23)12(21)7-10-16(18)26(9-5-6-9)8-11(17(10)27)19(28)29/h2-4,7-9H,5-6H2,1H3,(H,28,29)(H4,22,23,24,25). The normalized spacial score (nSPS) is 13.3. The molecule has 1 aliphatic rings. The second-order valence-electron chi connectivity index (χ2n) is 6.93. The van der Waals surface area contributed by atoms with Crippen molar-refractivity contribution in [1.82, 2.24) is 9.55 Å². The Morgan fingerprint density at radius 1 is 1.43 bits per heavy atom. The number of nitrogens with zero attached hydrogens (tertiary/aromatic N) is 2. The number of carbonyl (C=O) groups is 1. The molecule has 30 heavy (non-hydrogen) atoms. The lowest BCUT2D eigenvalue weighted by molar-refractivity contribution is 0.0695. The number of halogens is 1. The fraction of sp³-hybridized carbons (Fsp3) is 0.200. The smallest absolute Gasteiger partial charge is 0.341 e. The second kappa shape index (κ2) is 7.14. The van der Waals surface area contributed by atoms with E-state index in [-0.39, 0.29) is 40.2 Å². The van der Waals surface area contributed by atoms with Gasteiger partial charge in [0.05, 0.1) is 29.3 Å². The molecule has 0 amide bonds. The Morgan fingerprint density at radius 2 is 2.17 bits per heavy atom. The molecule has 0 radical (unpaired) electrons. The van der Waals surface area contributed by atoms with Gasteiger partial charge in [-0.2, -0.15) is 0 Å². The molecule has 0 aliphatic heterocycles. The van der Waals surface area contributed by atoms with Gasteiger partial charge in [0.15, 0.2) is 11.7 Å². The summed E-state index contributed by atoms with van der Waals surface area (Å²) in [6.07, 6.45) is 2.91. The van der Waals surface area contributed by atoms with Crippen molar-refractivity contribution in [2.75, 3.05) is 12.4 Å². The lowest BCUT2D eigenvalue weighted by atomic mass is 10.0. The van der Waals surface area contributed by atoms with Gasteiger partial charge in [0, 0.05) is 12.2 Å². The fourth-order valence-corrected chi connectivity index (χ4v) is 3.47. The van der Waals surface area contributed by atoms with Gasteiger partial charge in [-0.1, -0.05) is 6.07 Å². The Kier molecular flexibility index (Phi) is 4.61. The molecular formula is C20H18FN5O4. The van der Waals surface area contributed by atoms with Gasteiger partial charge >= 0.3 is 5.97 Å². The Balaban J connectivity index is 2.06. The van der Waals surface area contributed by atoms with Crippen LogP contribution in [0.1, 0.15) is 29.2 Å². The van der Waals surface area contributed by atoms with E-state index in [1.165, 1.54) is 13.3 Å². The number of carboxylic acid groups (broad SMARTS) is 1. The van der Waals surface area contributed by atoms with Gasteiger partial charge in [0.1, 0.15) is 17.2 Å². The number of ether oxygens (including phenoxy) is 1. The Hall–Kier alpha value is -3.95. The van der Waals surface area contributed by atoms with Crippen LogP contribution in [0.25, 0.3) is 22.2 Å². The van der Waals surface area contributed by atoms with Gasteiger partial charge in [-0.3, -0.25) is 10.2 Å². The van der Waals surface area contributed by atoms with Crippen molar-refractivity contribution in [2.45, 2.75) is 18.9 Å². The van der Waals surface area contributed by atoms with Crippen LogP contribution in [-0.2, 0) is 0 Å². The van der Waals surface area contributed by atoms with E-state index >= 15 is 4.39 Å². The maximum absolute atomic E-state index is 15.2. The molecule has 9 nitrogen and oxygen atoms in total. The van der Waals surface area contributed by atoms with E-state index < -0.39 is 22.8 Å². The molecule has 2 aromatic heterocycles. The third-order valence-corrected chi connectivity index (χ3v) is 4.87. The number of fused-ring (bicyclic) bond motifs is 1. The number of rotatable bonds is 5. The van der Waals surface area contributed by atoms with Crippen molar-refractivity contribution in [3.8, 4) is 17.0 Å². The van der Waals surface area contributed by atoms with Crippen molar-refractivity contribution in [3.05, 3.63) is 52.1 Å². The molecular weight excluding hydrogens is 393 g/mol. The molecule has 0 unspecified atom stereocenters. The van der Waals surface area contributed by atoms with E-state index in [4.69, 9.17) is 15.9 Å². The number of pyridine rings is 2. The number of nitrogens with one attached hydrogen (secondary N) is 2. The first-order chi connectivity index (χ1) is 14.3. The van der Waals surface area contributed by atoms with Crippen LogP contribution >= 0.6 is 0 Å². The summed E-state index contributed by atoms with van der Waals surface area (Å²) >= 11 is 0. The van der Waals surface area contributed by atoms with Gasteiger partial charge in [-0.05, 0) is 31.0 Å². The first-order valence-corrected chi connectivity index (χ1v) is 9.09. The number of guanidine groups is 1. The lowest BCUT2D eigenvalue weighted by Crippen LogP contribution is -2.21. The molecule has 5 N–H and O–H groups in total. The van der Waals surface area contributed by atoms with E-state index in [9.17, 15) is 14.7 Å². The van der Waals surface area contributed by atoms with E-state index in [1.807, 2.05) is 0 Å². The predicted molar refractivity (Wildman–Crippen MR) is 109 cm³/mol. The third kappa shape index (κ3) is 3.21. The first kappa shape index (κ1) is 19.4. The average Bonchev–Trinajstić information content (AvgIpc) is 3.52. The Labute approximate surface area is 169 Å². The van der Waals surface area contributed by atoms with Crippen LogP contribution in [0.4, 0.5) is 10.2 Å². The molecule has 2 heterocycles. The summed E-state index contributed by atoms with van der Waals surface area (Å²) in [6, 6.07) is 5.75. The van der Waals surface area contributed by atoms with Crippen molar-refractivity contribution in [2.24, 2.45) is 5.73 Å². The highest BCUT2D eigenvalue weighted by Gasteiger charge is 2.30. The highest BCUT2D eigenvalue weighted by Crippen LogP contribution is 2.43. The minimum absolute atomic E-state index is 0.00270. The number of hydrogen-bond donors (Lipinski definition) is 4. The zero-order valence-corrected chi connectivity index (χ0v) is 15.9. The molecule has 1 aliphatic carbocycles. The summed E-state index contributed by atoms with van der Waals surface area (Å²) in [5.74, 6) is -2.16. The average molecular weight is 411 g/mol. The number of anilines is 1. The van der Waals surface area contributed by atoms with Gasteiger partial charge in [0.2, 0.25) is 5.43 Å². The number of methoxy groups -OCH3 is 1. The van der Waals surface area contributed by atoms with E-state index in [0.29, 0.717) is 5.52 Å². The molecule has 0 saturated heterocycles. The number of aromatic nitrogens is 2. The highest BCUT2D eigenvalue weighted by molar-refractivity contribution is 5.97. The topological polar surface area (TPSA) is 143 Å². The summed E-state index contributed by atoms with van der Waals surface area (Å²) < 4.78 is 22.4. The van der Waals surface area contributed by atoms with Crippen molar-refractivity contribution < 1.29 is 19.0 Å². The maximum Gasteiger partial charge on any atom is 0.341 e. The monoisotopic (exact) mass is 411 g/mol. The zero-order valence-electron chi connectivity index (χ0n) is 15.9. The Bertz CT molecular complexity index is 1270. The van der Waals surface area contributed by atoms with E-state index in [1.54, 1.807) is 22.8 Å². The number of carboxylic acids is 1. The third-order valence-electron chi connectivity index (χ3n) is 4.87. The SMILES string of the molecule is COc1c(-c2cccc(NC(=N)N)n2)c(F)cc2c(=O)c(C(=O)O)cn(C3CC3)c12. The van der Waals surface area contributed by atoms with Gasteiger partial charge in [0.25, 0.3) is 0 Å². The molecule has 1 saturated carbocycles. The minimum Gasteiger partial charge on any atom is -0.494 e. The lowest BCUT2D eigenvalue weighted by Gasteiger charge is -2.18. The number of aromatic carboxylic acids is 1. The molecule has 0 spiro atoms. The molecule has 154 valence electrons. The summed E-state index contributed by atoms with van der Waals surface area (Å²) in [6.45, 7) is 0. The van der Waals surface area contributed by atoms with E-state index in [2.05, 4.69) is 10.3 Å². The second-order valence-corrected chi connectivity index (χ2v) is 6.93. The van der Waals surface area contributed by atoms with Crippen molar-refractivity contribution in [1.29, 1.82) is 5.41 Å². The molecule has 4 rings (SSSR count). The Morgan fingerprint density at radius 3 is 2.77 bits per heavy atom. The summed E-state index contributed by atoms with van der Waals surface area (Å²) in [4.78, 5) is 28.5. The molecule has 3 aromatic rings. The highest BCUT2D eigenvalue weighted by atomic mass is 19.1. The number of benzene rings is 1. The zero-order chi connectivity index (χ0) is 21.6. The summed E-state index contributed by atoms with van der Waals surface area (Å²) in [5, 5.41) is 19.2. The summed E-state index contributed by atoms with van der Waals surface area (Å²) in [7, 11) is 1.35. The fourth-order valence-electron chi connectivity index (χ4n) is 3.47. The quantitative estimate of drug-likeness (QED) is 0.373. The first-order valence-electron chi connectivity index (χ1n) is 9.09. The van der Waals surface area contributed by atoms with Crippen LogP contribution in [0.5, 0.6) is 5.75 Å². The molecule has 0 bridgehead atoms. The van der Waals surface area contributed by atoms with Crippen LogP contribution < -0.4 is 21.2 Å². The number of nitrogens with two attached hydrogens (primary N) is 1. The molecule has 10 heteroatoms. The minimum atomic E-state index is -1.37. The van der Waals surface area contributed by atoms with Gasteiger partial charge in [-0.15, -0.1) is 0 Å². The van der Waals surface area contributed by atoms with Crippen LogP contribution in [0, 0.1) is 11.2 Å². The number of hydrogen-bond acceptors (Lipinski definition) is 5. The maximum atomic E-state index is 15.2.